The van der Waals surface area contributed by atoms with E-state index in [1.807, 2.05) is 4.68 Å². The summed E-state index contributed by atoms with van der Waals surface area (Å²) in [5, 5.41) is 11.6. The van der Waals surface area contributed by atoms with E-state index in [2.05, 4.69) is 45.4 Å². The molecule has 0 spiro atoms. The molecule has 0 saturated carbocycles. The van der Waals surface area contributed by atoms with Gasteiger partial charge in [-0.15, -0.1) is 5.10 Å². The van der Waals surface area contributed by atoms with Gasteiger partial charge in [-0.05, 0) is 25.3 Å². The molecule has 1 fully saturated rings. The second-order valence-electron chi connectivity index (χ2n) is 4.56. The van der Waals surface area contributed by atoms with Gasteiger partial charge in [-0.1, -0.05) is 12.1 Å². The summed E-state index contributed by atoms with van der Waals surface area (Å²) in [4.78, 5) is 2.53. The zero-order valence-electron chi connectivity index (χ0n) is 11.1. The highest BCUT2D eigenvalue weighted by Gasteiger charge is 2.09. The Morgan fingerprint density at radius 3 is 3.17 bits per heavy atom. The van der Waals surface area contributed by atoms with Crippen molar-refractivity contribution in [2.24, 2.45) is 0 Å². The van der Waals surface area contributed by atoms with Gasteiger partial charge in [0, 0.05) is 31.6 Å². The van der Waals surface area contributed by atoms with E-state index >= 15 is 0 Å². The normalized spacial score (nSPS) is 17.8. The third kappa shape index (κ3) is 4.59. The Labute approximate surface area is 113 Å². The van der Waals surface area contributed by atoms with Gasteiger partial charge in [-0.25, -0.2) is 0 Å². The maximum absolute atomic E-state index is 4.17. The highest BCUT2D eigenvalue weighted by molar-refractivity contribution is 7.99. The molecule has 0 radical (unpaired) electrons. The quantitative estimate of drug-likeness (QED) is 0.829. The number of nitrogens with one attached hydrogen (secondary N) is 1. The Morgan fingerprint density at radius 1 is 1.33 bits per heavy atom. The minimum absolute atomic E-state index is 0.816. The minimum atomic E-state index is 0.816. The van der Waals surface area contributed by atoms with Crippen molar-refractivity contribution >= 4 is 11.8 Å². The van der Waals surface area contributed by atoms with Gasteiger partial charge in [0.05, 0.1) is 12.2 Å². The zero-order chi connectivity index (χ0) is 12.6. The van der Waals surface area contributed by atoms with E-state index in [-0.39, 0.29) is 0 Å². The van der Waals surface area contributed by atoms with E-state index < -0.39 is 0 Å². The molecule has 18 heavy (non-hydrogen) atoms. The average molecular weight is 269 g/mol. The smallest absolute Gasteiger partial charge is 0.0964 e. The predicted octanol–water partition coefficient (Wildman–Crippen LogP) is 0.826. The molecule has 2 heterocycles. The topological polar surface area (TPSA) is 46.0 Å². The monoisotopic (exact) mass is 269 g/mol. The number of rotatable bonds is 6. The molecular formula is C12H23N5S. The molecule has 2 rings (SSSR count). The number of hydrogen-bond acceptors (Lipinski definition) is 5. The van der Waals surface area contributed by atoms with Crippen molar-refractivity contribution in [2.45, 2.75) is 26.4 Å². The van der Waals surface area contributed by atoms with E-state index in [1.165, 1.54) is 31.0 Å². The van der Waals surface area contributed by atoms with Crippen LogP contribution in [-0.4, -0.2) is 57.6 Å². The molecule has 1 aromatic heterocycles. The molecule has 6 heteroatoms. The van der Waals surface area contributed by atoms with Gasteiger partial charge in [-0.3, -0.25) is 4.68 Å². The third-order valence-electron chi connectivity index (χ3n) is 3.10. The number of nitrogens with zero attached hydrogens (tertiary/aromatic N) is 4. The Kier molecular flexibility index (Phi) is 5.96. The SMILES string of the molecule is CCNCc1cn(CCN2CCCSCC2)nn1. The Morgan fingerprint density at radius 2 is 2.28 bits per heavy atom. The molecule has 0 bridgehead atoms. The summed E-state index contributed by atoms with van der Waals surface area (Å²) in [5.41, 5.74) is 1.03. The van der Waals surface area contributed by atoms with Gasteiger partial charge < -0.3 is 10.2 Å². The molecule has 0 aromatic carbocycles. The number of thioether (sulfide) groups is 1. The van der Waals surface area contributed by atoms with Crippen LogP contribution in [0.25, 0.3) is 0 Å². The summed E-state index contributed by atoms with van der Waals surface area (Å²) in [7, 11) is 0. The van der Waals surface area contributed by atoms with E-state index in [0.29, 0.717) is 0 Å². The fourth-order valence-electron chi connectivity index (χ4n) is 2.05. The third-order valence-corrected chi connectivity index (χ3v) is 4.15. The lowest BCUT2D eigenvalue weighted by molar-refractivity contribution is 0.277. The van der Waals surface area contributed by atoms with Gasteiger partial charge in [0.25, 0.3) is 0 Å². The van der Waals surface area contributed by atoms with Gasteiger partial charge >= 0.3 is 0 Å². The minimum Gasteiger partial charge on any atom is -0.311 e. The van der Waals surface area contributed by atoms with E-state index in [1.54, 1.807) is 0 Å². The molecule has 0 amide bonds. The second-order valence-corrected chi connectivity index (χ2v) is 5.79. The van der Waals surface area contributed by atoms with Crippen LogP contribution in [0.15, 0.2) is 6.20 Å². The molecule has 0 unspecified atom stereocenters. The summed E-state index contributed by atoms with van der Waals surface area (Å²) < 4.78 is 1.96. The van der Waals surface area contributed by atoms with Gasteiger partial charge in [0.15, 0.2) is 0 Å². The van der Waals surface area contributed by atoms with Crippen molar-refractivity contribution in [1.29, 1.82) is 0 Å². The summed E-state index contributed by atoms with van der Waals surface area (Å²) in [6.45, 7) is 8.36. The van der Waals surface area contributed by atoms with Crippen LogP contribution in [0.2, 0.25) is 0 Å². The number of hydrogen-bond donors (Lipinski definition) is 1. The summed E-state index contributed by atoms with van der Waals surface area (Å²) >= 11 is 2.07. The van der Waals surface area contributed by atoms with Crippen LogP contribution in [0.4, 0.5) is 0 Å². The first-order valence-electron chi connectivity index (χ1n) is 6.78. The van der Waals surface area contributed by atoms with Crippen LogP contribution in [-0.2, 0) is 13.1 Å². The summed E-state index contributed by atoms with van der Waals surface area (Å²) in [5.74, 6) is 2.58. The van der Waals surface area contributed by atoms with Crippen molar-refractivity contribution in [3.63, 3.8) is 0 Å². The van der Waals surface area contributed by atoms with Crippen LogP contribution in [0.5, 0.6) is 0 Å². The van der Waals surface area contributed by atoms with E-state index in [0.717, 1.165) is 31.9 Å². The van der Waals surface area contributed by atoms with Crippen molar-refractivity contribution in [1.82, 2.24) is 25.2 Å². The van der Waals surface area contributed by atoms with Crippen molar-refractivity contribution in [3.8, 4) is 0 Å². The maximum atomic E-state index is 4.17. The Balaban J connectivity index is 1.73. The molecule has 102 valence electrons. The largest absolute Gasteiger partial charge is 0.311 e. The molecular weight excluding hydrogens is 246 g/mol. The predicted molar refractivity (Wildman–Crippen MR) is 75.8 cm³/mol. The summed E-state index contributed by atoms with van der Waals surface area (Å²) in [6.07, 6.45) is 3.36. The first-order chi connectivity index (χ1) is 8.88. The van der Waals surface area contributed by atoms with Gasteiger partial charge in [-0.2, -0.15) is 11.8 Å². The fraction of sp³-hybridized carbons (Fsp3) is 0.833. The van der Waals surface area contributed by atoms with Crippen LogP contribution in [0, 0.1) is 0 Å². The fourth-order valence-corrected chi connectivity index (χ4v) is 2.97. The van der Waals surface area contributed by atoms with Crippen LogP contribution in [0.1, 0.15) is 19.0 Å². The molecule has 1 N–H and O–H groups in total. The maximum Gasteiger partial charge on any atom is 0.0964 e. The Bertz CT molecular complexity index is 333. The van der Waals surface area contributed by atoms with Crippen molar-refractivity contribution in [3.05, 3.63) is 11.9 Å². The van der Waals surface area contributed by atoms with E-state index in [9.17, 15) is 0 Å². The van der Waals surface area contributed by atoms with Crippen LogP contribution < -0.4 is 5.32 Å². The zero-order valence-corrected chi connectivity index (χ0v) is 12.0. The lowest BCUT2D eigenvalue weighted by atomic mass is 10.4. The van der Waals surface area contributed by atoms with Gasteiger partial charge in [0.1, 0.15) is 0 Å². The molecule has 0 atom stereocenters. The molecule has 1 saturated heterocycles. The molecule has 1 aliphatic rings. The number of aromatic nitrogens is 3. The van der Waals surface area contributed by atoms with E-state index in [4.69, 9.17) is 0 Å². The lowest BCUT2D eigenvalue weighted by Gasteiger charge is -2.18. The molecule has 0 aliphatic carbocycles. The van der Waals surface area contributed by atoms with Crippen molar-refractivity contribution < 1.29 is 0 Å². The van der Waals surface area contributed by atoms with Gasteiger partial charge in [0.2, 0.25) is 0 Å². The highest BCUT2D eigenvalue weighted by atomic mass is 32.2. The molecule has 1 aromatic rings. The Hall–Kier alpha value is -0.590. The standard InChI is InChI=1S/C12H23N5S/c1-2-13-10-12-11-17(15-14-12)6-5-16-4-3-8-18-9-7-16/h11,13H,2-10H2,1H3. The second kappa shape index (κ2) is 7.76. The lowest BCUT2D eigenvalue weighted by Crippen LogP contribution is -2.29. The highest BCUT2D eigenvalue weighted by Crippen LogP contribution is 2.09. The molecule has 1 aliphatic heterocycles. The average Bonchev–Trinajstić information content (AvgIpc) is 2.68. The van der Waals surface area contributed by atoms with Crippen LogP contribution in [0.3, 0.4) is 0 Å². The van der Waals surface area contributed by atoms with Crippen LogP contribution >= 0.6 is 11.8 Å². The van der Waals surface area contributed by atoms with Crippen molar-refractivity contribution in [2.75, 3.05) is 37.7 Å². The first-order valence-corrected chi connectivity index (χ1v) is 7.94. The summed E-state index contributed by atoms with van der Waals surface area (Å²) in [6, 6.07) is 0. The molecule has 5 nitrogen and oxygen atoms in total. The first kappa shape index (κ1) is 13.8.